The van der Waals surface area contributed by atoms with Gasteiger partial charge in [-0.15, -0.1) is 11.3 Å². The van der Waals surface area contributed by atoms with E-state index in [1.54, 1.807) is 11.4 Å². The zero-order chi connectivity index (χ0) is 14.6. The molecule has 1 atom stereocenters. The zero-order valence-corrected chi connectivity index (χ0v) is 13.2. The molecule has 0 radical (unpaired) electrons. The van der Waals surface area contributed by atoms with Crippen LogP contribution in [0.3, 0.4) is 0 Å². The summed E-state index contributed by atoms with van der Waals surface area (Å²) in [6.45, 7) is 6.05. The second-order valence-corrected chi connectivity index (χ2v) is 7.77. The molecular formula is C12H21N3O3S2. The first kappa shape index (κ1) is 15.9. The molecule has 1 saturated heterocycles. The average molecular weight is 319 g/mol. The highest BCUT2D eigenvalue weighted by molar-refractivity contribution is 7.91. The summed E-state index contributed by atoms with van der Waals surface area (Å²) in [5.41, 5.74) is 6.35. The molecule has 1 aromatic heterocycles. The monoisotopic (exact) mass is 319 g/mol. The van der Waals surface area contributed by atoms with Crippen LogP contribution in [0.2, 0.25) is 0 Å². The van der Waals surface area contributed by atoms with Crippen molar-refractivity contribution in [1.29, 1.82) is 0 Å². The van der Waals surface area contributed by atoms with E-state index in [1.807, 2.05) is 6.92 Å². The first-order valence-corrected chi connectivity index (χ1v) is 8.97. The van der Waals surface area contributed by atoms with E-state index in [4.69, 9.17) is 10.5 Å². The molecule has 114 valence electrons. The van der Waals surface area contributed by atoms with E-state index in [0.717, 1.165) is 18.7 Å². The fourth-order valence-corrected chi connectivity index (χ4v) is 4.61. The van der Waals surface area contributed by atoms with Crippen LogP contribution in [0.5, 0.6) is 0 Å². The van der Waals surface area contributed by atoms with Crippen LogP contribution in [0.25, 0.3) is 0 Å². The van der Waals surface area contributed by atoms with Crippen LogP contribution in [-0.4, -0.2) is 52.2 Å². The number of sulfonamides is 1. The second kappa shape index (κ2) is 6.97. The van der Waals surface area contributed by atoms with Crippen molar-refractivity contribution >= 4 is 21.4 Å². The van der Waals surface area contributed by atoms with Crippen molar-refractivity contribution in [2.75, 3.05) is 32.8 Å². The number of nitrogens with one attached hydrogen (secondary N) is 1. The van der Waals surface area contributed by atoms with Crippen molar-refractivity contribution < 1.29 is 13.2 Å². The minimum atomic E-state index is -3.44. The summed E-state index contributed by atoms with van der Waals surface area (Å²) in [6.07, 6.45) is 0. The largest absolute Gasteiger partial charge is 0.379 e. The number of hydrogen-bond acceptors (Lipinski definition) is 6. The molecule has 2 rings (SSSR count). The van der Waals surface area contributed by atoms with E-state index in [2.05, 4.69) is 9.62 Å². The van der Waals surface area contributed by atoms with Crippen LogP contribution in [0.4, 0.5) is 0 Å². The molecule has 0 aliphatic carbocycles. The third-order valence-electron chi connectivity index (χ3n) is 3.12. The molecule has 0 spiro atoms. The molecule has 1 aromatic rings. The van der Waals surface area contributed by atoms with E-state index in [9.17, 15) is 8.42 Å². The number of thiophene rings is 1. The zero-order valence-electron chi connectivity index (χ0n) is 11.5. The van der Waals surface area contributed by atoms with Gasteiger partial charge in [0.25, 0.3) is 0 Å². The van der Waals surface area contributed by atoms with Crippen molar-refractivity contribution in [1.82, 2.24) is 9.62 Å². The Hall–Kier alpha value is -0.510. The van der Waals surface area contributed by atoms with Crippen LogP contribution in [0, 0.1) is 0 Å². The van der Waals surface area contributed by atoms with Crippen LogP contribution in [0.15, 0.2) is 15.7 Å². The van der Waals surface area contributed by atoms with Gasteiger partial charge in [-0.1, -0.05) is 0 Å². The second-order valence-electron chi connectivity index (χ2n) is 4.91. The average Bonchev–Trinajstić information content (AvgIpc) is 2.88. The minimum absolute atomic E-state index is 0.137. The summed E-state index contributed by atoms with van der Waals surface area (Å²) in [5, 5.41) is 1.78. The quantitative estimate of drug-likeness (QED) is 0.783. The third kappa shape index (κ3) is 4.24. The standard InChI is InChI=1S/C12H21N3O3S2/c1-10(8-15-2-4-18-5-3-15)14-20(16,17)12-6-11(7-13)9-19-12/h6,9-10,14H,2-5,7-8,13H2,1H3. The molecule has 0 aromatic carbocycles. The highest BCUT2D eigenvalue weighted by Gasteiger charge is 2.21. The lowest BCUT2D eigenvalue weighted by Crippen LogP contribution is -2.45. The van der Waals surface area contributed by atoms with E-state index in [-0.39, 0.29) is 6.04 Å². The fraction of sp³-hybridized carbons (Fsp3) is 0.667. The van der Waals surface area contributed by atoms with Crippen LogP contribution in [0.1, 0.15) is 12.5 Å². The van der Waals surface area contributed by atoms with Gasteiger partial charge in [-0.3, -0.25) is 4.90 Å². The molecule has 1 unspecified atom stereocenters. The molecule has 8 heteroatoms. The Bertz CT molecular complexity index is 524. The number of morpholine rings is 1. The van der Waals surface area contributed by atoms with Gasteiger partial charge in [0.15, 0.2) is 0 Å². The molecule has 1 aliphatic heterocycles. The number of hydrogen-bond donors (Lipinski definition) is 2. The van der Waals surface area contributed by atoms with Crippen molar-refractivity contribution in [3.8, 4) is 0 Å². The maximum atomic E-state index is 12.2. The summed E-state index contributed by atoms with van der Waals surface area (Å²) in [7, 11) is -3.44. The topological polar surface area (TPSA) is 84.7 Å². The van der Waals surface area contributed by atoms with Crippen molar-refractivity contribution in [3.63, 3.8) is 0 Å². The molecule has 1 aliphatic rings. The van der Waals surface area contributed by atoms with Crippen molar-refractivity contribution in [3.05, 3.63) is 17.0 Å². The smallest absolute Gasteiger partial charge is 0.250 e. The molecule has 1 fully saturated rings. The van der Waals surface area contributed by atoms with E-state index >= 15 is 0 Å². The molecule has 6 nitrogen and oxygen atoms in total. The third-order valence-corrected chi connectivity index (χ3v) is 6.20. The lowest BCUT2D eigenvalue weighted by molar-refractivity contribution is 0.0354. The first-order chi connectivity index (χ1) is 9.51. The minimum Gasteiger partial charge on any atom is -0.379 e. The highest BCUT2D eigenvalue weighted by Crippen LogP contribution is 2.20. The Balaban J connectivity index is 1.93. The number of nitrogens with two attached hydrogens (primary N) is 1. The van der Waals surface area contributed by atoms with Gasteiger partial charge in [-0.25, -0.2) is 13.1 Å². The molecule has 0 bridgehead atoms. The maximum absolute atomic E-state index is 12.2. The summed E-state index contributed by atoms with van der Waals surface area (Å²) in [5.74, 6) is 0. The lowest BCUT2D eigenvalue weighted by atomic mass is 10.3. The van der Waals surface area contributed by atoms with Crippen molar-refractivity contribution in [2.24, 2.45) is 5.73 Å². The predicted molar refractivity (Wildman–Crippen MR) is 79.3 cm³/mol. The van der Waals surface area contributed by atoms with E-state index in [1.165, 1.54) is 11.3 Å². The summed E-state index contributed by atoms with van der Waals surface area (Å²) >= 11 is 1.21. The SMILES string of the molecule is CC(CN1CCOCC1)NS(=O)(=O)c1cc(CN)cs1. The van der Waals surface area contributed by atoms with Gasteiger partial charge in [0.2, 0.25) is 10.0 Å². The Morgan fingerprint density at radius 2 is 2.20 bits per heavy atom. The number of rotatable bonds is 6. The van der Waals surface area contributed by atoms with Crippen LogP contribution < -0.4 is 10.5 Å². The highest BCUT2D eigenvalue weighted by atomic mass is 32.2. The molecule has 2 heterocycles. The number of ether oxygens (including phenoxy) is 1. The Kier molecular flexibility index (Phi) is 5.53. The fourth-order valence-electron chi connectivity index (χ4n) is 2.13. The molecule has 0 amide bonds. The molecule has 0 saturated carbocycles. The van der Waals surface area contributed by atoms with Crippen LogP contribution in [-0.2, 0) is 21.3 Å². The molecule has 3 N–H and O–H groups in total. The number of nitrogens with zero attached hydrogens (tertiary/aromatic N) is 1. The maximum Gasteiger partial charge on any atom is 0.250 e. The van der Waals surface area contributed by atoms with Gasteiger partial charge in [0.1, 0.15) is 4.21 Å². The van der Waals surface area contributed by atoms with Gasteiger partial charge >= 0.3 is 0 Å². The van der Waals surface area contributed by atoms with E-state index in [0.29, 0.717) is 30.5 Å². The summed E-state index contributed by atoms with van der Waals surface area (Å²) < 4.78 is 32.8. The Labute approximate surface area is 124 Å². The predicted octanol–water partition coefficient (Wildman–Crippen LogP) is 0.206. The first-order valence-electron chi connectivity index (χ1n) is 6.61. The van der Waals surface area contributed by atoms with Gasteiger partial charge in [-0.05, 0) is 23.9 Å². The van der Waals surface area contributed by atoms with Gasteiger partial charge in [0, 0.05) is 32.2 Å². The van der Waals surface area contributed by atoms with Crippen molar-refractivity contribution in [2.45, 2.75) is 23.7 Å². The summed E-state index contributed by atoms with van der Waals surface area (Å²) in [6, 6.07) is 1.50. The summed E-state index contributed by atoms with van der Waals surface area (Å²) in [4.78, 5) is 2.20. The Morgan fingerprint density at radius 1 is 1.50 bits per heavy atom. The van der Waals surface area contributed by atoms with E-state index < -0.39 is 10.0 Å². The Morgan fingerprint density at radius 3 is 2.80 bits per heavy atom. The molecular weight excluding hydrogens is 298 g/mol. The van der Waals surface area contributed by atoms with Gasteiger partial charge < -0.3 is 10.5 Å². The van der Waals surface area contributed by atoms with Gasteiger partial charge in [0.05, 0.1) is 13.2 Å². The van der Waals surface area contributed by atoms with Crippen LogP contribution >= 0.6 is 11.3 Å². The molecule has 20 heavy (non-hydrogen) atoms. The van der Waals surface area contributed by atoms with Gasteiger partial charge in [-0.2, -0.15) is 0 Å². The lowest BCUT2D eigenvalue weighted by Gasteiger charge is -2.29. The normalized spacial score (nSPS) is 19.1.